The Morgan fingerprint density at radius 3 is 2.45 bits per heavy atom. The van der Waals surface area contributed by atoms with E-state index < -0.39 is 12.1 Å². The minimum atomic E-state index is -5.08. The Labute approximate surface area is 176 Å². The average molecular weight is 440 g/mol. The number of carboxylic acids is 1. The number of hydrogen-bond acceptors (Lipinski definition) is 7. The number of ether oxygens (including phenoxy) is 1. The van der Waals surface area contributed by atoms with E-state index in [9.17, 15) is 13.2 Å². The fourth-order valence-electron chi connectivity index (χ4n) is 3.57. The standard InChI is InChI=1S/C18H22N4O2.C2HF3O2/c1-2-17(12-19-13-17)11-15-21-16(22-24-15)18(6-9-23-10-7-18)14-5-3-4-8-20-14;3-2(4,5)1(6)7/h2-5,8,19H,1,6-7,9-13H2;(H,6,7). The minimum absolute atomic E-state index is 0.0393. The summed E-state index contributed by atoms with van der Waals surface area (Å²) in [6, 6.07) is 5.98. The lowest BCUT2D eigenvalue weighted by atomic mass is 9.76. The number of aliphatic carboxylic acids is 1. The summed E-state index contributed by atoms with van der Waals surface area (Å²) in [6.07, 6.45) is 1.09. The van der Waals surface area contributed by atoms with Crippen LogP contribution in [0.3, 0.4) is 0 Å². The van der Waals surface area contributed by atoms with Crippen molar-refractivity contribution >= 4 is 5.97 Å². The molecule has 0 spiro atoms. The Morgan fingerprint density at radius 1 is 1.29 bits per heavy atom. The van der Waals surface area contributed by atoms with Gasteiger partial charge in [-0.3, -0.25) is 4.98 Å². The second-order valence-electron chi connectivity index (χ2n) is 7.57. The Kier molecular flexibility index (Phi) is 6.75. The van der Waals surface area contributed by atoms with Crippen LogP contribution in [0.25, 0.3) is 0 Å². The largest absolute Gasteiger partial charge is 0.490 e. The maximum atomic E-state index is 10.6. The number of aromatic nitrogens is 3. The smallest absolute Gasteiger partial charge is 0.475 e. The van der Waals surface area contributed by atoms with E-state index in [4.69, 9.17) is 24.1 Å². The number of alkyl halides is 3. The van der Waals surface area contributed by atoms with Crippen molar-refractivity contribution in [3.05, 3.63) is 54.5 Å². The molecule has 0 aliphatic carbocycles. The SMILES string of the molecule is C=CC1(Cc2nc(C3(c4ccccn4)CCOCC3)no2)CNC1.O=C(O)C(F)(F)F. The van der Waals surface area contributed by atoms with Gasteiger partial charge >= 0.3 is 12.1 Å². The van der Waals surface area contributed by atoms with Crippen molar-refractivity contribution in [1.29, 1.82) is 0 Å². The minimum Gasteiger partial charge on any atom is -0.475 e. The van der Waals surface area contributed by atoms with Crippen molar-refractivity contribution in [2.24, 2.45) is 5.41 Å². The molecule has 2 aromatic rings. The predicted molar refractivity (Wildman–Crippen MR) is 102 cm³/mol. The van der Waals surface area contributed by atoms with E-state index >= 15 is 0 Å². The molecule has 0 unspecified atom stereocenters. The molecule has 2 saturated heterocycles. The number of hydrogen-bond donors (Lipinski definition) is 2. The second-order valence-corrected chi connectivity index (χ2v) is 7.57. The van der Waals surface area contributed by atoms with Gasteiger partial charge in [-0.2, -0.15) is 18.2 Å². The lowest BCUT2D eigenvalue weighted by Gasteiger charge is -2.39. The third-order valence-electron chi connectivity index (χ3n) is 5.53. The summed E-state index contributed by atoms with van der Waals surface area (Å²) in [6.45, 7) is 7.14. The van der Waals surface area contributed by atoms with Gasteiger partial charge in [0.05, 0.1) is 11.1 Å². The van der Waals surface area contributed by atoms with Crippen molar-refractivity contribution in [2.45, 2.75) is 30.9 Å². The molecular formula is C20H23F3N4O4. The van der Waals surface area contributed by atoms with Gasteiger partial charge in [0.15, 0.2) is 5.82 Å². The summed E-state index contributed by atoms with van der Waals surface area (Å²) in [4.78, 5) is 18.2. The quantitative estimate of drug-likeness (QED) is 0.683. The highest BCUT2D eigenvalue weighted by Gasteiger charge is 2.43. The van der Waals surface area contributed by atoms with E-state index in [1.165, 1.54) is 0 Å². The van der Waals surface area contributed by atoms with Crippen molar-refractivity contribution in [3.8, 4) is 0 Å². The first kappa shape index (κ1) is 22.9. The Bertz CT molecular complexity index is 891. The lowest BCUT2D eigenvalue weighted by Crippen LogP contribution is -2.53. The van der Waals surface area contributed by atoms with E-state index in [0.717, 1.165) is 43.9 Å². The van der Waals surface area contributed by atoms with Crippen molar-refractivity contribution < 1.29 is 32.3 Å². The monoisotopic (exact) mass is 440 g/mol. The van der Waals surface area contributed by atoms with E-state index in [-0.39, 0.29) is 10.8 Å². The number of rotatable bonds is 5. The summed E-state index contributed by atoms with van der Waals surface area (Å²) in [7, 11) is 0. The van der Waals surface area contributed by atoms with Crippen LogP contribution in [0.1, 0.15) is 30.3 Å². The molecule has 2 aromatic heterocycles. The van der Waals surface area contributed by atoms with Gasteiger partial charge in [0.1, 0.15) is 0 Å². The molecule has 11 heteroatoms. The molecule has 0 amide bonds. The number of nitrogens with zero attached hydrogens (tertiary/aromatic N) is 3. The van der Waals surface area contributed by atoms with E-state index in [0.29, 0.717) is 19.1 Å². The fraction of sp³-hybridized carbons (Fsp3) is 0.500. The summed E-state index contributed by atoms with van der Waals surface area (Å²) < 4.78 is 42.9. The molecule has 0 bridgehead atoms. The maximum Gasteiger partial charge on any atom is 0.490 e. The topological polar surface area (TPSA) is 110 Å². The molecule has 2 aliphatic rings. The molecule has 4 rings (SSSR count). The van der Waals surface area contributed by atoms with Gasteiger partial charge in [0.2, 0.25) is 5.89 Å². The van der Waals surface area contributed by atoms with Crippen molar-refractivity contribution in [3.63, 3.8) is 0 Å². The van der Waals surface area contributed by atoms with Gasteiger partial charge in [0.25, 0.3) is 0 Å². The van der Waals surface area contributed by atoms with Crippen molar-refractivity contribution in [2.75, 3.05) is 26.3 Å². The Balaban J connectivity index is 0.000000339. The summed E-state index contributed by atoms with van der Waals surface area (Å²) in [5.74, 6) is -1.35. The fourth-order valence-corrected chi connectivity index (χ4v) is 3.57. The molecule has 31 heavy (non-hydrogen) atoms. The molecule has 4 heterocycles. The van der Waals surface area contributed by atoms with Gasteiger partial charge < -0.3 is 19.7 Å². The molecule has 2 fully saturated rings. The number of pyridine rings is 1. The van der Waals surface area contributed by atoms with Crippen molar-refractivity contribution in [1.82, 2.24) is 20.4 Å². The molecule has 0 saturated carbocycles. The first-order valence-corrected chi connectivity index (χ1v) is 9.68. The van der Waals surface area contributed by atoms with Gasteiger partial charge in [-0.25, -0.2) is 4.79 Å². The molecule has 0 atom stereocenters. The van der Waals surface area contributed by atoms with E-state index in [1.807, 2.05) is 30.5 Å². The number of carbonyl (C=O) groups is 1. The normalized spacial score (nSPS) is 19.5. The van der Waals surface area contributed by atoms with Gasteiger partial charge in [-0.05, 0) is 25.0 Å². The molecule has 0 aromatic carbocycles. The molecule has 2 N–H and O–H groups in total. The maximum absolute atomic E-state index is 10.6. The Hall–Kier alpha value is -2.79. The highest BCUT2D eigenvalue weighted by atomic mass is 19.4. The van der Waals surface area contributed by atoms with Crippen LogP contribution in [0, 0.1) is 5.41 Å². The zero-order valence-corrected chi connectivity index (χ0v) is 16.7. The summed E-state index contributed by atoms with van der Waals surface area (Å²) in [5.41, 5.74) is 0.711. The van der Waals surface area contributed by atoms with Crippen LogP contribution in [-0.4, -0.2) is 58.7 Å². The lowest BCUT2D eigenvalue weighted by molar-refractivity contribution is -0.192. The van der Waals surface area contributed by atoms with Crippen LogP contribution in [-0.2, 0) is 21.4 Å². The average Bonchev–Trinajstić information content (AvgIpc) is 3.21. The molecule has 2 aliphatic heterocycles. The first-order valence-electron chi connectivity index (χ1n) is 9.68. The number of nitrogens with one attached hydrogen (secondary N) is 1. The molecule has 168 valence electrons. The van der Waals surface area contributed by atoms with Crippen LogP contribution in [0.5, 0.6) is 0 Å². The summed E-state index contributed by atoms with van der Waals surface area (Å²) >= 11 is 0. The van der Waals surface area contributed by atoms with Crippen LogP contribution in [0.15, 0.2) is 41.6 Å². The highest BCUT2D eigenvalue weighted by Crippen LogP contribution is 2.39. The number of halogens is 3. The number of carboxylic acid groups (broad SMARTS) is 1. The van der Waals surface area contributed by atoms with Gasteiger partial charge in [-0.15, -0.1) is 6.58 Å². The highest BCUT2D eigenvalue weighted by molar-refractivity contribution is 5.73. The zero-order valence-electron chi connectivity index (χ0n) is 16.7. The zero-order chi connectivity index (χ0) is 22.5. The molecular weight excluding hydrogens is 417 g/mol. The van der Waals surface area contributed by atoms with Crippen LogP contribution >= 0.6 is 0 Å². The first-order chi connectivity index (χ1) is 14.7. The predicted octanol–water partition coefficient (Wildman–Crippen LogP) is 2.51. The second kappa shape index (κ2) is 9.15. The van der Waals surface area contributed by atoms with Crippen LogP contribution < -0.4 is 5.32 Å². The van der Waals surface area contributed by atoms with E-state index in [1.54, 1.807) is 0 Å². The molecule has 8 nitrogen and oxygen atoms in total. The van der Waals surface area contributed by atoms with Gasteiger partial charge in [0, 0.05) is 44.3 Å². The summed E-state index contributed by atoms with van der Waals surface area (Å²) in [5, 5.41) is 14.7. The Morgan fingerprint density at radius 2 is 1.97 bits per heavy atom. The van der Waals surface area contributed by atoms with E-state index in [2.05, 4.69) is 22.0 Å². The van der Waals surface area contributed by atoms with Crippen LogP contribution in [0.2, 0.25) is 0 Å². The molecule has 0 radical (unpaired) electrons. The third kappa shape index (κ3) is 5.10. The van der Waals surface area contributed by atoms with Gasteiger partial charge in [-0.1, -0.05) is 17.3 Å². The van der Waals surface area contributed by atoms with Crippen LogP contribution in [0.4, 0.5) is 13.2 Å². The third-order valence-corrected chi connectivity index (χ3v) is 5.53.